The number of hydrogen-bond acceptors (Lipinski definition) is 3. The lowest BCUT2D eigenvalue weighted by Crippen LogP contribution is -2.49. The Morgan fingerprint density at radius 1 is 1.30 bits per heavy atom. The summed E-state index contributed by atoms with van der Waals surface area (Å²) in [6.07, 6.45) is 4.87. The predicted octanol–water partition coefficient (Wildman–Crippen LogP) is 2.26. The minimum atomic E-state index is -0.0513. The number of hydrazine groups is 1. The molecule has 0 radical (unpaired) electrons. The summed E-state index contributed by atoms with van der Waals surface area (Å²) in [6.45, 7) is 7.42. The van der Waals surface area contributed by atoms with E-state index in [1.165, 1.54) is 11.1 Å². The van der Waals surface area contributed by atoms with Crippen LogP contribution in [-0.2, 0) is 18.4 Å². The topological polar surface area (TPSA) is 55.9 Å². The summed E-state index contributed by atoms with van der Waals surface area (Å²) in [6, 6.07) is 10.6. The maximum Gasteiger partial charge on any atom is 0.0522 e. The van der Waals surface area contributed by atoms with Crippen LogP contribution in [0.2, 0.25) is 0 Å². The summed E-state index contributed by atoms with van der Waals surface area (Å²) >= 11 is 0. The Bertz CT molecular complexity index is 530. The molecule has 108 valence electrons. The predicted molar refractivity (Wildman–Crippen MR) is 82.2 cm³/mol. The van der Waals surface area contributed by atoms with Gasteiger partial charge >= 0.3 is 0 Å². The molecule has 0 aliphatic heterocycles. The summed E-state index contributed by atoms with van der Waals surface area (Å²) in [7, 11) is 0. The van der Waals surface area contributed by atoms with Crippen LogP contribution in [0.3, 0.4) is 0 Å². The zero-order valence-electron chi connectivity index (χ0n) is 12.5. The summed E-state index contributed by atoms with van der Waals surface area (Å²) in [5.74, 6) is 5.81. The van der Waals surface area contributed by atoms with E-state index in [4.69, 9.17) is 5.84 Å². The van der Waals surface area contributed by atoms with E-state index in [1.54, 1.807) is 0 Å². The van der Waals surface area contributed by atoms with Gasteiger partial charge in [0.15, 0.2) is 0 Å². The molecule has 2 rings (SSSR count). The first-order valence-electron chi connectivity index (χ1n) is 7.11. The van der Waals surface area contributed by atoms with Crippen molar-refractivity contribution in [1.29, 1.82) is 0 Å². The zero-order valence-corrected chi connectivity index (χ0v) is 12.5. The quantitative estimate of drug-likeness (QED) is 0.626. The van der Waals surface area contributed by atoms with E-state index in [-0.39, 0.29) is 11.5 Å². The van der Waals surface area contributed by atoms with Crippen molar-refractivity contribution in [2.24, 2.45) is 5.84 Å². The normalized spacial score (nSPS) is 13.4. The lowest BCUT2D eigenvalue weighted by Gasteiger charge is -2.34. The molecule has 0 fully saturated rings. The van der Waals surface area contributed by atoms with Gasteiger partial charge < -0.3 is 0 Å². The highest BCUT2D eigenvalue weighted by Crippen LogP contribution is 2.28. The number of benzene rings is 1. The largest absolute Gasteiger partial charge is 0.273 e. The Labute approximate surface area is 121 Å². The van der Waals surface area contributed by atoms with E-state index in [2.05, 4.69) is 61.8 Å². The van der Waals surface area contributed by atoms with Crippen LogP contribution >= 0.6 is 0 Å². The molecule has 2 aromatic rings. The fourth-order valence-electron chi connectivity index (χ4n) is 2.51. The van der Waals surface area contributed by atoms with Crippen LogP contribution in [0, 0.1) is 0 Å². The van der Waals surface area contributed by atoms with Gasteiger partial charge in [-0.15, -0.1) is 0 Å². The first-order valence-corrected chi connectivity index (χ1v) is 7.11. The van der Waals surface area contributed by atoms with Crippen LogP contribution in [0.25, 0.3) is 0 Å². The van der Waals surface area contributed by atoms with Crippen molar-refractivity contribution in [1.82, 2.24) is 15.2 Å². The smallest absolute Gasteiger partial charge is 0.0522 e. The molecule has 0 amide bonds. The van der Waals surface area contributed by atoms with Crippen LogP contribution < -0.4 is 11.3 Å². The molecule has 1 aromatic heterocycles. The van der Waals surface area contributed by atoms with Gasteiger partial charge in [0.2, 0.25) is 0 Å². The third kappa shape index (κ3) is 3.08. The third-order valence-electron chi connectivity index (χ3n) is 4.04. The van der Waals surface area contributed by atoms with Gasteiger partial charge in [0.1, 0.15) is 0 Å². The van der Waals surface area contributed by atoms with Gasteiger partial charge in [-0.2, -0.15) is 5.10 Å². The number of aromatic nitrogens is 2. The summed E-state index contributed by atoms with van der Waals surface area (Å²) < 4.78 is 1.94. The Hall–Kier alpha value is -1.65. The van der Waals surface area contributed by atoms with Gasteiger partial charge in [-0.1, -0.05) is 44.2 Å². The van der Waals surface area contributed by atoms with E-state index >= 15 is 0 Å². The molecule has 0 spiro atoms. The SMILES string of the molecule is CCn1cc(CC(NN)C(C)(C)c2ccccc2)cn1. The zero-order chi connectivity index (χ0) is 14.6. The lowest BCUT2D eigenvalue weighted by atomic mass is 9.76. The molecule has 1 unspecified atom stereocenters. The molecule has 1 atom stereocenters. The second kappa shape index (κ2) is 6.20. The van der Waals surface area contributed by atoms with E-state index in [0.717, 1.165) is 13.0 Å². The van der Waals surface area contributed by atoms with Crippen molar-refractivity contribution in [2.75, 3.05) is 0 Å². The molecule has 3 N–H and O–H groups in total. The Morgan fingerprint density at radius 2 is 2.00 bits per heavy atom. The number of rotatable bonds is 6. The van der Waals surface area contributed by atoms with Gasteiger partial charge in [0.05, 0.1) is 6.20 Å². The monoisotopic (exact) mass is 272 g/mol. The number of nitrogens with one attached hydrogen (secondary N) is 1. The van der Waals surface area contributed by atoms with Crippen LogP contribution in [0.1, 0.15) is 31.9 Å². The highest BCUT2D eigenvalue weighted by molar-refractivity contribution is 5.27. The molecule has 4 heteroatoms. The molecule has 1 heterocycles. The first kappa shape index (κ1) is 14.8. The van der Waals surface area contributed by atoms with Crippen LogP contribution in [-0.4, -0.2) is 15.8 Å². The maximum atomic E-state index is 5.81. The summed E-state index contributed by atoms with van der Waals surface area (Å²) in [5, 5.41) is 4.32. The number of nitrogens with zero attached hydrogens (tertiary/aromatic N) is 2. The van der Waals surface area contributed by atoms with Crippen molar-refractivity contribution < 1.29 is 0 Å². The average molecular weight is 272 g/mol. The highest BCUT2D eigenvalue weighted by atomic mass is 15.3. The Balaban J connectivity index is 2.18. The number of nitrogens with two attached hydrogens (primary N) is 1. The second-order valence-electron chi connectivity index (χ2n) is 5.72. The fourth-order valence-corrected chi connectivity index (χ4v) is 2.51. The number of aryl methyl sites for hydroxylation is 1. The van der Waals surface area contributed by atoms with Crippen molar-refractivity contribution in [3.05, 3.63) is 53.9 Å². The molecule has 20 heavy (non-hydrogen) atoms. The van der Waals surface area contributed by atoms with Crippen molar-refractivity contribution in [3.8, 4) is 0 Å². The van der Waals surface area contributed by atoms with E-state index < -0.39 is 0 Å². The van der Waals surface area contributed by atoms with E-state index in [1.807, 2.05) is 16.9 Å². The van der Waals surface area contributed by atoms with Gasteiger partial charge in [-0.3, -0.25) is 16.0 Å². The van der Waals surface area contributed by atoms with Crippen LogP contribution in [0.4, 0.5) is 0 Å². The van der Waals surface area contributed by atoms with Crippen molar-refractivity contribution in [2.45, 2.75) is 45.2 Å². The molecule has 1 aromatic carbocycles. The summed E-state index contributed by atoms with van der Waals surface area (Å²) in [5.41, 5.74) is 5.42. The first-order chi connectivity index (χ1) is 9.57. The highest BCUT2D eigenvalue weighted by Gasteiger charge is 2.30. The van der Waals surface area contributed by atoms with Gasteiger partial charge in [0.25, 0.3) is 0 Å². The third-order valence-corrected chi connectivity index (χ3v) is 4.04. The minimum absolute atomic E-state index is 0.0513. The Kier molecular flexibility index (Phi) is 4.57. The van der Waals surface area contributed by atoms with Crippen molar-refractivity contribution in [3.63, 3.8) is 0 Å². The minimum Gasteiger partial charge on any atom is -0.273 e. The van der Waals surface area contributed by atoms with E-state index in [9.17, 15) is 0 Å². The standard InChI is InChI=1S/C16H24N4/c1-4-20-12-13(11-18-20)10-15(19-17)16(2,3)14-8-6-5-7-9-14/h5-9,11-12,15,19H,4,10,17H2,1-3H3. The molecule has 0 saturated heterocycles. The second-order valence-corrected chi connectivity index (χ2v) is 5.72. The Morgan fingerprint density at radius 3 is 2.55 bits per heavy atom. The molecule has 0 aliphatic rings. The molecule has 4 nitrogen and oxygen atoms in total. The average Bonchev–Trinajstić information content (AvgIpc) is 2.93. The molecular weight excluding hydrogens is 248 g/mol. The lowest BCUT2D eigenvalue weighted by molar-refractivity contribution is 0.341. The van der Waals surface area contributed by atoms with Gasteiger partial charge in [-0.05, 0) is 24.5 Å². The van der Waals surface area contributed by atoms with Crippen LogP contribution in [0.15, 0.2) is 42.7 Å². The molecule has 0 saturated carbocycles. The molecule has 0 bridgehead atoms. The maximum absolute atomic E-state index is 5.81. The van der Waals surface area contributed by atoms with Crippen molar-refractivity contribution >= 4 is 0 Å². The molecule has 0 aliphatic carbocycles. The van der Waals surface area contributed by atoms with E-state index in [0.29, 0.717) is 0 Å². The molecular formula is C16H24N4. The fraction of sp³-hybridized carbons (Fsp3) is 0.438. The number of hydrogen-bond donors (Lipinski definition) is 2. The van der Waals surface area contributed by atoms with Gasteiger partial charge in [-0.25, -0.2) is 0 Å². The summed E-state index contributed by atoms with van der Waals surface area (Å²) in [4.78, 5) is 0. The van der Waals surface area contributed by atoms with Crippen LogP contribution in [0.5, 0.6) is 0 Å². The van der Waals surface area contributed by atoms with Gasteiger partial charge in [0, 0.05) is 24.2 Å².